The Morgan fingerprint density at radius 3 is 0.506 bits per heavy atom. The van der Waals surface area contributed by atoms with Crippen LogP contribution >= 0.6 is 0 Å². The summed E-state index contributed by atoms with van der Waals surface area (Å²) < 4.78 is 367. The third kappa shape index (κ3) is 2.22. The maximum absolute atomic E-state index is 19.9. The molecule has 89 heavy (non-hydrogen) atoms. The van der Waals surface area contributed by atoms with Gasteiger partial charge >= 0.3 is 48.4 Å². The Morgan fingerprint density at radius 2 is 0.315 bits per heavy atom. The van der Waals surface area contributed by atoms with Gasteiger partial charge in [0.05, 0.1) is 11.1 Å². The topological polar surface area (TPSA) is 21.9 Å². The lowest BCUT2D eigenvalue weighted by Gasteiger charge is -2.59. The van der Waals surface area contributed by atoms with Gasteiger partial charge in [-0.1, -0.05) is 0 Å². The van der Waals surface area contributed by atoms with Crippen LogP contribution in [0.2, 0.25) is 0 Å². The molecule has 0 aromatic heterocycles. The second kappa shape index (κ2) is 8.62. The third-order valence-corrected chi connectivity index (χ3v) is 28.4. The van der Waals surface area contributed by atoms with Gasteiger partial charge in [0.1, 0.15) is 21.7 Å². The van der Waals surface area contributed by atoms with Crippen LogP contribution in [0.1, 0.15) is 55.6 Å². The quantitative estimate of drug-likeness (QED) is 0.106. The normalized spacial score (nSPS) is 29.9. The van der Waals surface area contributed by atoms with Crippen LogP contribution in [0.5, 0.6) is 0 Å². The zero-order chi connectivity index (χ0) is 58.9. The first kappa shape index (κ1) is 41.0. The second-order valence-electron chi connectivity index (χ2n) is 29.2. The summed E-state index contributed by atoms with van der Waals surface area (Å²) in [5, 5.41) is 3.99. The zero-order valence-corrected chi connectivity index (χ0v) is 42.1. The Balaban J connectivity index is 1.12. The third-order valence-electron chi connectivity index (χ3n) is 28.4. The van der Waals surface area contributed by atoms with E-state index in [2.05, 4.69) is 5.32 Å². The number of nitrogens with one attached hydrogen (secondary N) is 1. The standard InChI is InChI=1S/C68HF20N/c69-61(70,65(77,78)79)55-41-31-21-11-6-1-2-4-5-3(1)8-14-12(6)22(21)32-34-24(14)26-16(8)18-10(5)20-19-9(4)17-15-7(2)13(11)23-25(15)35-37-27(17)29(19)39-40-30(20)28(18)38-36(26)46-44(34)56(42(32)41,62(71,72)66(80,81)82)52-51(55)53-57(45(35)43(55)33(23)31,63(73,74)67(83,84)85)47(37)49(39)59-50(40)48(38)58(46,54(52)60(53,59)89-59)64(75,76)68(86,87)88/h89H. The molecule has 1 N–H and O–H groups in total. The smallest absolute Gasteiger partial charge is 0.286 e. The molecule has 0 radical (unpaired) electrons. The van der Waals surface area contributed by atoms with Crippen molar-refractivity contribution in [2.75, 3.05) is 0 Å². The minimum atomic E-state index is -7.10. The summed E-state index contributed by atoms with van der Waals surface area (Å²) in [7, 11) is 0. The van der Waals surface area contributed by atoms with Gasteiger partial charge in [-0.25, -0.2) is 0 Å². The van der Waals surface area contributed by atoms with Gasteiger partial charge in [0.25, 0.3) is 0 Å². The summed E-state index contributed by atoms with van der Waals surface area (Å²) in [5.41, 5.74) is -46.6. The van der Waals surface area contributed by atoms with Crippen LogP contribution in [0, 0.1) is 0 Å². The van der Waals surface area contributed by atoms with Crippen molar-refractivity contribution in [3.63, 3.8) is 0 Å². The van der Waals surface area contributed by atoms with E-state index in [-0.39, 0.29) is 97.0 Å². The van der Waals surface area contributed by atoms with Crippen LogP contribution in [0.15, 0.2) is 22.3 Å². The van der Waals surface area contributed by atoms with Crippen LogP contribution in [0.4, 0.5) is 87.8 Å². The number of hydrogen-bond acceptors (Lipinski definition) is 1. The first-order valence-corrected chi connectivity index (χ1v) is 28.8. The van der Waals surface area contributed by atoms with Crippen molar-refractivity contribution < 1.29 is 87.8 Å². The first-order chi connectivity index (χ1) is 41.9. The highest BCUT2D eigenvalue weighted by atomic mass is 19.4. The minimum Gasteiger partial charge on any atom is -0.286 e. The predicted molar refractivity (Wildman–Crippen MR) is 286 cm³/mol. The van der Waals surface area contributed by atoms with E-state index in [1.807, 2.05) is 0 Å². The molecule has 4 atom stereocenters. The Morgan fingerprint density at radius 1 is 0.169 bits per heavy atom. The average Bonchev–Trinajstić information content (AvgIpc) is 1.35. The summed E-state index contributed by atoms with van der Waals surface area (Å²) in [4.78, 5) is 0. The van der Waals surface area contributed by atoms with E-state index in [0.717, 1.165) is 0 Å². The van der Waals surface area contributed by atoms with E-state index in [4.69, 9.17) is 0 Å². The lowest BCUT2D eigenvalue weighted by atomic mass is 9.43. The van der Waals surface area contributed by atoms with Crippen LogP contribution in [-0.2, 0) is 27.2 Å². The fraction of sp³-hybridized carbons (Fsp3) is 0.206. The van der Waals surface area contributed by atoms with E-state index in [9.17, 15) is 0 Å². The van der Waals surface area contributed by atoms with Crippen LogP contribution in [0.3, 0.4) is 0 Å². The molecule has 1 aliphatic heterocycles. The molecule has 21 heteroatoms. The molecule has 33 rings (SSSR count). The van der Waals surface area contributed by atoms with Crippen LogP contribution in [0.25, 0.3) is 215 Å². The Labute approximate surface area is 466 Å². The fourth-order valence-electron chi connectivity index (χ4n) is 28.0. The Bertz CT molecular complexity index is 7290. The molecule has 1 heterocycles. The predicted octanol–water partition coefficient (Wildman–Crippen LogP) is 19.4. The van der Waals surface area contributed by atoms with Crippen molar-refractivity contribution in [1.29, 1.82) is 0 Å². The highest BCUT2D eigenvalue weighted by Crippen LogP contribution is 2.98. The zero-order valence-electron chi connectivity index (χ0n) is 42.1. The van der Waals surface area contributed by atoms with Crippen molar-refractivity contribution in [3.05, 3.63) is 77.9 Å². The number of hydrogen-bond donors (Lipinski definition) is 1. The van der Waals surface area contributed by atoms with Crippen molar-refractivity contribution in [2.45, 2.75) is 81.1 Å². The molecule has 21 aromatic carbocycles. The largest absolute Gasteiger partial charge is 0.454 e. The molecule has 0 bridgehead atoms. The summed E-state index contributed by atoms with van der Waals surface area (Å²) in [6.07, 6.45) is -28.2. The molecule has 4 unspecified atom stereocenters. The second-order valence-corrected chi connectivity index (χ2v) is 29.2. The van der Waals surface area contributed by atoms with Crippen molar-refractivity contribution in [3.8, 4) is 0 Å². The van der Waals surface area contributed by atoms with Gasteiger partial charge in [0.15, 0.2) is 0 Å². The van der Waals surface area contributed by atoms with Gasteiger partial charge in [0, 0.05) is 0 Å². The lowest BCUT2D eigenvalue weighted by Crippen LogP contribution is -2.68. The van der Waals surface area contributed by atoms with Gasteiger partial charge in [-0.15, -0.1) is 0 Å². The molecular weight excluding hydrogens is 1210 g/mol. The highest BCUT2D eigenvalue weighted by molar-refractivity contribution is 6.77. The van der Waals surface area contributed by atoms with Crippen LogP contribution in [-0.4, -0.2) is 53.9 Å². The van der Waals surface area contributed by atoms with E-state index in [1.165, 1.54) is 0 Å². The molecule has 21 aromatic rings. The first-order valence-electron chi connectivity index (χ1n) is 28.8. The van der Waals surface area contributed by atoms with Crippen molar-refractivity contribution in [1.82, 2.24) is 5.32 Å². The molecule has 1 nitrogen and oxygen atoms in total. The summed E-state index contributed by atoms with van der Waals surface area (Å²) in [6, 6.07) is 0. The van der Waals surface area contributed by atoms with Crippen molar-refractivity contribution in [2.24, 2.45) is 0 Å². The molecular formula is C68HF20N. The lowest BCUT2D eigenvalue weighted by molar-refractivity contribution is -0.309. The van der Waals surface area contributed by atoms with Gasteiger partial charge < -0.3 is 0 Å². The van der Waals surface area contributed by atoms with Gasteiger partial charge in [0.2, 0.25) is 0 Å². The molecule has 1 saturated heterocycles. The van der Waals surface area contributed by atoms with Gasteiger partial charge in [-0.2, -0.15) is 87.8 Å². The summed E-state index contributed by atoms with van der Waals surface area (Å²) in [6.45, 7) is 0. The monoisotopic (exact) mass is 1210 g/mol. The molecule has 1 fully saturated rings. The Kier molecular flexibility index (Phi) is 3.97. The highest BCUT2D eigenvalue weighted by Gasteiger charge is 3.01. The van der Waals surface area contributed by atoms with Crippen LogP contribution < -0.4 is 5.32 Å². The Hall–Kier alpha value is -8.46. The molecule has 0 saturated carbocycles. The van der Waals surface area contributed by atoms with Gasteiger partial charge in [-0.3, -0.25) is 5.32 Å². The van der Waals surface area contributed by atoms with Crippen molar-refractivity contribution >= 4 is 215 Å². The minimum absolute atomic E-state index is 0.0136. The number of halogens is 20. The number of alkyl halides is 20. The number of rotatable bonds is 4. The number of benzene rings is 15. The fourth-order valence-corrected chi connectivity index (χ4v) is 28.0. The van der Waals surface area contributed by atoms with Gasteiger partial charge in [-0.05, 0) is 293 Å². The van der Waals surface area contributed by atoms with E-state index >= 15 is 87.8 Å². The summed E-state index contributed by atoms with van der Waals surface area (Å²) in [5.74, 6) is -26.7. The molecule has 11 aliphatic carbocycles. The molecule has 2 spiro atoms. The summed E-state index contributed by atoms with van der Waals surface area (Å²) >= 11 is 0. The molecule has 12 aliphatic rings. The maximum atomic E-state index is 19.9. The SMILES string of the molecule is FC(F)(F)C(F)(F)C12C3=C4C5=C6C37NC73c7c1c1c8c2c2c9c%10c(c%11c%12c%13c(c%14c%15c%16c(c3c3c7c7c1c1c%17c8c9c8c9c%10c%12c%10c%12c%13c%15c%13c%15c%16c3c3c7c1c1c(c3%15)c(c%13%12)c(c9%10)c1c%178)C6%14C(F)(F)C(F)(F)F)C5%11C(F)(F)C(F)(F)F)C42C(F)(F)C(F)(F)F. The number of allylic oxidation sites excluding steroid dienone is 2. The van der Waals surface area contributed by atoms with E-state index < -0.39 is 202 Å². The van der Waals surface area contributed by atoms with E-state index in [0.29, 0.717) is 75.4 Å². The van der Waals surface area contributed by atoms with E-state index in [1.54, 1.807) is 0 Å². The maximum Gasteiger partial charge on any atom is 0.454 e. The average molecular weight is 1210 g/mol. The molecule has 0 amide bonds. The molecule has 418 valence electrons.